The minimum absolute atomic E-state index is 0.208. The zero-order valence-electron chi connectivity index (χ0n) is 20.0. The van der Waals surface area contributed by atoms with Crippen molar-refractivity contribution in [1.82, 2.24) is 14.9 Å². The van der Waals surface area contributed by atoms with Gasteiger partial charge in [0.2, 0.25) is 11.8 Å². The molecular weight excluding hydrogens is 622 g/mol. The van der Waals surface area contributed by atoms with Crippen molar-refractivity contribution in [2.45, 2.75) is 52.1 Å². The zero-order valence-corrected chi connectivity index (χ0v) is 24.7. The lowest BCUT2D eigenvalue weighted by Crippen LogP contribution is -2.49. The van der Waals surface area contributed by atoms with E-state index in [1.807, 2.05) is 31.7 Å². The summed E-state index contributed by atoms with van der Waals surface area (Å²) in [6.45, 7) is 15.0. The number of carbonyl (C=O) groups is 1. The van der Waals surface area contributed by atoms with Gasteiger partial charge >= 0.3 is 6.09 Å². The second kappa shape index (κ2) is 10.2. The quantitative estimate of drug-likeness (QED) is 0.227. The Morgan fingerprint density at radius 2 is 1.85 bits per heavy atom. The van der Waals surface area contributed by atoms with Crippen LogP contribution in [0.4, 0.5) is 15.1 Å². The highest BCUT2D eigenvalue weighted by Gasteiger charge is 2.27. The van der Waals surface area contributed by atoms with Gasteiger partial charge in [-0.1, -0.05) is 19.6 Å². The molecule has 1 saturated heterocycles. The average Bonchev–Trinajstić information content (AvgIpc) is 2.70. The number of rotatable bonds is 5. The van der Waals surface area contributed by atoms with Crippen LogP contribution in [0.15, 0.2) is 10.5 Å². The average molecular weight is 653 g/mol. The first-order valence-electron chi connectivity index (χ1n) is 11.0. The molecule has 2 heterocycles. The van der Waals surface area contributed by atoms with Crippen molar-refractivity contribution in [1.29, 1.82) is 0 Å². The van der Waals surface area contributed by atoms with Crippen LogP contribution in [0, 0.1) is 9.39 Å². The Labute approximate surface area is 217 Å². The third-order valence-corrected chi connectivity index (χ3v) is 9.15. The number of hydrogen-bond donors (Lipinski definition) is 0. The van der Waals surface area contributed by atoms with E-state index < -0.39 is 19.5 Å². The molecule has 1 aromatic heterocycles. The Hall–Kier alpha value is -1.21. The van der Waals surface area contributed by atoms with Crippen LogP contribution < -0.4 is 9.64 Å². The van der Waals surface area contributed by atoms with Crippen LogP contribution >= 0.6 is 38.5 Å². The number of hydrogen-bond acceptors (Lipinski definition) is 6. The molecule has 0 saturated carbocycles. The molecule has 182 valence electrons. The maximum Gasteiger partial charge on any atom is 0.409 e. The fourth-order valence-corrected chi connectivity index (χ4v) is 4.83. The summed E-state index contributed by atoms with van der Waals surface area (Å²) >= 11 is 5.38. The smallest absolute Gasteiger partial charge is 0.409 e. The second-order valence-corrected chi connectivity index (χ2v) is 17.9. The van der Waals surface area contributed by atoms with E-state index in [-0.39, 0.29) is 11.6 Å². The molecule has 0 N–H and O–H groups in total. The van der Waals surface area contributed by atoms with Gasteiger partial charge < -0.3 is 19.3 Å². The van der Waals surface area contributed by atoms with Crippen LogP contribution in [0.1, 0.15) is 20.8 Å². The number of ether oxygens (including phenoxy) is 2. The first kappa shape index (κ1) is 26.4. The number of amides is 1. The van der Waals surface area contributed by atoms with Gasteiger partial charge in [-0.3, -0.25) is 0 Å². The molecule has 0 bridgehead atoms. The van der Waals surface area contributed by atoms with Crippen molar-refractivity contribution >= 4 is 69.5 Å². The highest BCUT2D eigenvalue weighted by molar-refractivity contribution is 14.1. The summed E-state index contributed by atoms with van der Waals surface area (Å²) in [5.41, 5.74) is -0.300. The van der Waals surface area contributed by atoms with E-state index in [9.17, 15) is 4.79 Å². The van der Waals surface area contributed by atoms with Crippen molar-refractivity contribution in [2.75, 3.05) is 37.7 Å². The van der Waals surface area contributed by atoms with Gasteiger partial charge in [0.05, 0.1) is 16.5 Å². The summed E-state index contributed by atoms with van der Waals surface area (Å²) < 4.78 is 27.7. The molecule has 1 amide bonds. The molecule has 1 fully saturated rings. The SMILES string of the molecule is CC(C)(C)Oc1nc(N2CCN(C(=O)OCC[Si](C)(C)C)CC2)nc2c(F)c(Br)c(I)cc12. The molecular formula is C22H31BrFIN4O3Si. The normalized spacial score (nSPS) is 15.2. The number of aromatic nitrogens is 2. The van der Waals surface area contributed by atoms with E-state index in [4.69, 9.17) is 9.47 Å². The molecule has 11 heteroatoms. The van der Waals surface area contributed by atoms with Crippen molar-refractivity contribution in [3.8, 4) is 5.88 Å². The Morgan fingerprint density at radius 1 is 1.21 bits per heavy atom. The van der Waals surface area contributed by atoms with E-state index in [0.717, 1.165) is 6.04 Å². The minimum Gasteiger partial charge on any atom is -0.471 e. The first-order chi connectivity index (χ1) is 15.2. The fraction of sp³-hybridized carbons (Fsp3) is 0.591. The zero-order chi connectivity index (χ0) is 24.6. The Balaban J connectivity index is 1.80. The highest BCUT2D eigenvalue weighted by Crippen LogP contribution is 2.35. The molecule has 0 radical (unpaired) electrons. The van der Waals surface area contributed by atoms with Crippen molar-refractivity contribution in [3.63, 3.8) is 0 Å². The number of anilines is 1. The molecule has 3 rings (SSSR count). The van der Waals surface area contributed by atoms with Gasteiger partial charge in [-0.05, 0) is 71.4 Å². The lowest BCUT2D eigenvalue weighted by molar-refractivity contribution is 0.104. The molecule has 1 aromatic carbocycles. The monoisotopic (exact) mass is 652 g/mol. The fourth-order valence-electron chi connectivity index (χ4n) is 3.27. The number of benzene rings is 1. The maximum absolute atomic E-state index is 15.1. The molecule has 7 nitrogen and oxygen atoms in total. The van der Waals surface area contributed by atoms with Gasteiger partial charge in [0.1, 0.15) is 11.1 Å². The van der Waals surface area contributed by atoms with E-state index in [2.05, 4.69) is 68.1 Å². The van der Waals surface area contributed by atoms with Gasteiger partial charge in [0.15, 0.2) is 5.82 Å². The molecule has 0 unspecified atom stereocenters. The summed E-state index contributed by atoms with van der Waals surface area (Å²) in [7, 11) is -1.25. The van der Waals surface area contributed by atoms with Crippen molar-refractivity contribution in [2.24, 2.45) is 0 Å². The van der Waals surface area contributed by atoms with Gasteiger partial charge in [0, 0.05) is 37.8 Å². The summed E-state index contributed by atoms with van der Waals surface area (Å²) in [5, 5.41) is 0.531. The van der Waals surface area contributed by atoms with Crippen LogP contribution in [0.25, 0.3) is 10.9 Å². The van der Waals surface area contributed by atoms with Crippen LogP contribution in [0.3, 0.4) is 0 Å². The second-order valence-electron chi connectivity index (χ2n) is 10.3. The largest absolute Gasteiger partial charge is 0.471 e. The predicted octanol–water partition coefficient (Wildman–Crippen LogP) is 5.91. The third-order valence-electron chi connectivity index (χ3n) is 5.08. The maximum atomic E-state index is 15.1. The molecule has 0 aliphatic carbocycles. The van der Waals surface area contributed by atoms with Crippen LogP contribution in [-0.2, 0) is 4.74 Å². The van der Waals surface area contributed by atoms with E-state index in [1.54, 1.807) is 4.90 Å². The van der Waals surface area contributed by atoms with Crippen molar-refractivity contribution < 1.29 is 18.7 Å². The minimum atomic E-state index is -1.25. The van der Waals surface area contributed by atoms with Gasteiger partial charge in [-0.15, -0.1) is 0 Å². The molecule has 1 aliphatic rings. The molecule has 0 spiro atoms. The van der Waals surface area contributed by atoms with Gasteiger partial charge in [0.25, 0.3) is 0 Å². The Bertz CT molecular complexity index is 1040. The standard InChI is InChI=1S/C22H31BrFIN4O3Si/c1-22(2,3)32-19-14-13-15(25)16(23)17(24)18(14)26-20(27-19)28-7-9-29(10-8-28)21(30)31-11-12-33(4,5)6/h13H,7-12H2,1-6H3. The van der Waals surface area contributed by atoms with Crippen molar-refractivity contribution in [3.05, 3.63) is 19.9 Å². The predicted molar refractivity (Wildman–Crippen MR) is 144 cm³/mol. The van der Waals surface area contributed by atoms with Crippen LogP contribution in [0.5, 0.6) is 5.88 Å². The number of piperazine rings is 1. The molecule has 33 heavy (non-hydrogen) atoms. The number of halogens is 3. The number of fused-ring (bicyclic) bond motifs is 1. The topological polar surface area (TPSA) is 67.8 Å². The van der Waals surface area contributed by atoms with E-state index >= 15 is 4.39 Å². The third kappa shape index (κ3) is 6.90. The summed E-state index contributed by atoms with van der Waals surface area (Å²) in [4.78, 5) is 25.3. The van der Waals surface area contributed by atoms with Gasteiger partial charge in [-0.2, -0.15) is 4.98 Å². The Morgan fingerprint density at radius 3 is 2.42 bits per heavy atom. The molecule has 2 aromatic rings. The number of nitrogens with zero attached hydrogens (tertiary/aromatic N) is 4. The van der Waals surface area contributed by atoms with Crippen LogP contribution in [0.2, 0.25) is 25.7 Å². The lowest BCUT2D eigenvalue weighted by atomic mass is 10.2. The van der Waals surface area contributed by atoms with E-state index in [0.29, 0.717) is 58.0 Å². The first-order valence-corrected chi connectivity index (χ1v) is 16.5. The van der Waals surface area contributed by atoms with Crippen LogP contribution in [-0.4, -0.2) is 67.4 Å². The Kier molecular flexibility index (Phi) is 8.15. The van der Waals surface area contributed by atoms with Gasteiger partial charge in [-0.25, -0.2) is 14.2 Å². The summed E-state index contributed by atoms with van der Waals surface area (Å²) in [6.07, 6.45) is -0.284. The lowest BCUT2D eigenvalue weighted by Gasteiger charge is -2.34. The summed E-state index contributed by atoms with van der Waals surface area (Å²) in [6, 6.07) is 2.77. The number of carbonyl (C=O) groups excluding carboxylic acids is 1. The molecule has 1 aliphatic heterocycles. The molecule has 0 atom stereocenters. The highest BCUT2D eigenvalue weighted by atomic mass is 127. The van der Waals surface area contributed by atoms with E-state index in [1.165, 1.54) is 0 Å². The summed E-state index contributed by atoms with van der Waals surface area (Å²) in [5.74, 6) is 0.296.